The molecular formula is C12H15NOS. The van der Waals surface area contributed by atoms with E-state index < -0.39 is 0 Å². The predicted octanol–water partition coefficient (Wildman–Crippen LogP) is 2.44. The van der Waals surface area contributed by atoms with E-state index in [1.54, 1.807) is 0 Å². The monoisotopic (exact) mass is 221 g/mol. The minimum Gasteiger partial charge on any atom is -0.367 e. The largest absolute Gasteiger partial charge is 0.367 e. The Labute approximate surface area is 94.7 Å². The van der Waals surface area contributed by atoms with Crippen LogP contribution < -0.4 is 4.90 Å². The highest BCUT2D eigenvalue weighted by Crippen LogP contribution is 2.26. The lowest BCUT2D eigenvalue weighted by atomic mass is 10.1. The summed E-state index contributed by atoms with van der Waals surface area (Å²) in [7, 11) is 0. The summed E-state index contributed by atoms with van der Waals surface area (Å²) in [6.07, 6.45) is 0.948. The molecule has 1 unspecified atom stereocenters. The van der Waals surface area contributed by atoms with Gasteiger partial charge in [-0.25, -0.2) is 0 Å². The van der Waals surface area contributed by atoms with Crippen LogP contribution in [0.5, 0.6) is 0 Å². The third-order valence-corrected chi connectivity index (χ3v) is 3.93. The second-order valence-corrected chi connectivity index (χ2v) is 4.94. The topological polar surface area (TPSA) is 20.3 Å². The zero-order chi connectivity index (χ0) is 10.7. The highest BCUT2D eigenvalue weighted by molar-refractivity contribution is 7.99. The lowest BCUT2D eigenvalue weighted by molar-refractivity contribution is 0.112. The first-order valence-corrected chi connectivity index (χ1v) is 6.37. The molecule has 0 aromatic heterocycles. The van der Waals surface area contributed by atoms with Crippen LogP contribution in [0.3, 0.4) is 0 Å². The molecule has 0 N–H and O–H groups in total. The number of nitrogens with zero attached hydrogens (tertiary/aromatic N) is 1. The number of para-hydroxylation sites is 1. The molecule has 0 saturated carbocycles. The van der Waals surface area contributed by atoms with Crippen LogP contribution in [-0.4, -0.2) is 30.4 Å². The summed E-state index contributed by atoms with van der Waals surface area (Å²) < 4.78 is 0. The molecule has 1 aromatic rings. The summed E-state index contributed by atoms with van der Waals surface area (Å²) in [4.78, 5) is 13.3. The molecule has 2 nitrogen and oxygen atoms in total. The molecule has 0 spiro atoms. The standard InChI is InChI=1S/C12H15NOS/c1-10-9-15-7-6-13(10)12-5-3-2-4-11(12)8-14/h2-5,8,10H,6-7,9H2,1H3. The number of rotatable bonds is 2. The number of thioether (sulfide) groups is 1. The Hall–Kier alpha value is -0.960. The minimum atomic E-state index is 0.518. The zero-order valence-electron chi connectivity index (χ0n) is 8.85. The molecule has 0 radical (unpaired) electrons. The van der Waals surface area contributed by atoms with Gasteiger partial charge in [0.2, 0.25) is 0 Å². The van der Waals surface area contributed by atoms with Crippen molar-refractivity contribution in [2.75, 3.05) is 23.0 Å². The molecule has 15 heavy (non-hydrogen) atoms. The average molecular weight is 221 g/mol. The summed E-state index contributed by atoms with van der Waals surface area (Å²) in [6, 6.07) is 8.35. The third-order valence-electron chi connectivity index (χ3n) is 2.74. The minimum absolute atomic E-state index is 0.518. The Kier molecular flexibility index (Phi) is 3.31. The third kappa shape index (κ3) is 2.17. The van der Waals surface area contributed by atoms with Crippen LogP contribution in [0.25, 0.3) is 0 Å². The van der Waals surface area contributed by atoms with E-state index in [0.717, 1.165) is 35.6 Å². The normalized spacial score (nSPS) is 21.4. The second kappa shape index (κ2) is 4.71. The first-order valence-electron chi connectivity index (χ1n) is 5.21. The number of hydrogen-bond donors (Lipinski definition) is 0. The van der Waals surface area contributed by atoms with Gasteiger partial charge >= 0.3 is 0 Å². The fourth-order valence-corrected chi connectivity index (χ4v) is 2.95. The van der Waals surface area contributed by atoms with Crippen molar-refractivity contribution in [1.29, 1.82) is 0 Å². The summed E-state index contributed by atoms with van der Waals surface area (Å²) in [5.41, 5.74) is 1.89. The molecule has 80 valence electrons. The summed E-state index contributed by atoms with van der Waals surface area (Å²) >= 11 is 1.98. The SMILES string of the molecule is CC1CSCCN1c1ccccc1C=O. The van der Waals surface area contributed by atoms with E-state index in [2.05, 4.69) is 11.8 Å². The lowest BCUT2D eigenvalue weighted by Gasteiger charge is -2.35. The van der Waals surface area contributed by atoms with Crippen LogP contribution in [0.4, 0.5) is 5.69 Å². The van der Waals surface area contributed by atoms with Crippen molar-refractivity contribution < 1.29 is 4.79 Å². The number of anilines is 1. The number of aldehydes is 1. The van der Waals surface area contributed by atoms with E-state index in [9.17, 15) is 4.79 Å². The Bertz CT molecular complexity index is 353. The van der Waals surface area contributed by atoms with Gasteiger partial charge in [-0.2, -0.15) is 11.8 Å². The van der Waals surface area contributed by atoms with Crippen molar-refractivity contribution in [1.82, 2.24) is 0 Å². The maximum atomic E-state index is 10.9. The molecule has 1 aromatic carbocycles. The van der Waals surface area contributed by atoms with Crippen molar-refractivity contribution in [3.63, 3.8) is 0 Å². The van der Waals surface area contributed by atoms with Gasteiger partial charge in [0.1, 0.15) is 0 Å². The first-order chi connectivity index (χ1) is 7.33. The average Bonchev–Trinajstić information content (AvgIpc) is 2.30. The van der Waals surface area contributed by atoms with Crippen LogP contribution in [0.15, 0.2) is 24.3 Å². The van der Waals surface area contributed by atoms with Crippen LogP contribution in [0.1, 0.15) is 17.3 Å². The van der Waals surface area contributed by atoms with E-state index in [4.69, 9.17) is 0 Å². The Morgan fingerprint density at radius 1 is 1.47 bits per heavy atom. The molecule has 1 atom stereocenters. The van der Waals surface area contributed by atoms with E-state index >= 15 is 0 Å². The zero-order valence-corrected chi connectivity index (χ0v) is 9.67. The van der Waals surface area contributed by atoms with Crippen LogP contribution in [0, 0.1) is 0 Å². The molecule has 3 heteroatoms. The van der Waals surface area contributed by atoms with Gasteiger partial charge in [-0.3, -0.25) is 4.79 Å². The molecule has 1 aliphatic rings. The molecule has 0 amide bonds. The molecular weight excluding hydrogens is 206 g/mol. The first kappa shape index (κ1) is 10.6. The predicted molar refractivity (Wildman–Crippen MR) is 66.0 cm³/mol. The molecule has 0 bridgehead atoms. The number of benzene rings is 1. The number of hydrogen-bond acceptors (Lipinski definition) is 3. The van der Waals surface area contributed by atoms with Crippen LogP contribution in [0.2, 0.25) is 0 Å². The fourth-order valence-electron chi connectivity index (χ4n) is 1.93. The van der Waals surface area contributed by atoms with E-state index in [0.29, 0.717) is 6.04 Å². The molecule has 2 rings (SSSR count). The molecule has 1 fully saturated rings. The van der Waals surface area contributed by atoms with Crippen LogP contribution >= 0.6 is 11.8 Å². The van der Waals surface area contributed by atoms with Gasteiger partial charge in [-0.15, -0.1) is 0 Å². The van der Waals surface area contributed by atoms with Gasteiger partial charge in [-0.05, 0) is 19.1 Å². The smallest absolute Gasteiger partial charge is 0.152 e. The van der Waals surface area contributed by atoms with E-state index in [-0.39, 0.29) is 0 Å². The highest BCUT2D eigenvalue weighted by Gasteiger charge is 2.20. The van der Waals surface area contributed by atoms with Crippen molar-refractivity contribution in [3.8, 4) is 0 Å². The Balaban J connectivity index is 2.30. The summed E-state index contributed by atoms with van der Waals surface area (Å²) in [6.45, 7) is 3.25. The van der Waals surface area contributed by atoms with Crippen molar-refractivity contribution >= 4 is 23.7 Å². The summed E-state index contributed by atoms with van der Waals surface area (Å²) in [5, 5.41) is 0. The van der Waals surface area contributed by atoms with E-state index in [1.807, 2.05) is 36.0 Å². The van der Waals surface area contributed by atoms with Crippen molar-refractivity contribution in [3.05, 3.63) is 29.8 Å². The maximum absolute atomic E-state index is 10.9. The fraction of sp³-hybridized carbons (Fsp3) is 0.417. The number of carbonyl (C=O) groups excluding carboxylic acids is 1. The van der Waals surface area contributed by atoms with Crippen molar-refractivity contribution in [2.24, 2.45) is 0 Å². The van der Waals surface area contributed by atoms with Gasteiger partial charge in [0.05, 0.1) is 0 Å². The van der Waals surface area contributed by atoms with Crippen molar-refractivity contribution in [2.45, 2.75) is 13.0 Å². The van der Waals surface area contributed by atoms with Gasteiger partial charge in [-0.1, -0.05) is 12.1 Å². The molecule has 1 saturated heterocycles. The lowest BCUT2D eigenvalue weighted by Crippen LogP contribution is -2.40. The molecule has 1 aliphatic heterocycles. The Morgan fingerprint density at radius 2 is 2.27 bits per heavy atom. The highest BCUT2D eigenvalue weighted by atomic mass is 32.2. The van der Waals surface area contributed by atoms with Gasteiger partial charge in [0.25, 0.3) is 0 Å². The second-order valence-electron chi connectivity index (χ2n) is 3.79. The van der Waals surface area contributed by atoms with Gasteiger partial charge < -0.3 is 4.90 Å². The quantitative estimate of drug-likeness (QED) is 0.715. The molecule has 1 heterocycles. The van der Waals surface area contributed by atoms with Crippen LogP contribution in [-0.2, 0) is 0 Å². The van der Waals surface area contributed by atoms with E-state index in [1.165, 1.54) is 0 Å². The maximum Gasteiger partial charge on any atom is 0.152 e. The van der Waals surface area contributed by atoms with Gasteiger partial charge in [0, 0.05) is 35.3 Å². The van der Waals surface area contributed by atoms with Gasteiger partial charge in [0.15, 0.2) is 6.29 Å². The number of carbonyl (C=O) groups is 1. The molecule has 0 aliphatic carbocycles. The summed E-state index contributed by atoms with van der Waals surface area (Å²) in [5.74, 6) is 2.30. The Morgan fingerprint density at radius 3 is 3.00 bits per heavy atom.